The predicted molar refractivity (Wildman–Crippen MR) is 99.0 cm³/mol. The zero-order chi connectivity index (χ0) is 19.7. The molecule has 0 fully saturated rings. The molecule has 0 saturated heterocycles. The molecule has 0 N–H and O–H groups in total. The Balaban J connectivity index is 1.66. The molecule has 0 atom stereocenters. The van der Waals surface area contributed by atoms with Gasteiger partial charge in [-0.3, -0.25) is 0 Å². The molecule has 0 bridgehead atoms. The van der Waals surface area contributed by atoms with Crippen molar-refractivity contribution < 1.29 is 28.0 Å². The number of nitrogens with zero attached hydrogens (tertiary/aromatic N) is 2. The van der Waals surface area contributed by atoms with Gasteiger partial charge in [0, 0.05) is 5.56 Å². The Labute approximate surface area is 162 Å². The van der Waals surface area contributed by atoms with Gasteiger partial charge in [-0.05, 0) is 30.5 Å². The average Bonchev–Trinajstić information content (AvgIpc) is 3.46. The third-order valence-corrected chi connectivity index (χ3v) is 4.98. The third kappa shape index (κ3) is 3.16. The minimum atomic E-state index is -0.641. The molecule has 0 radical (unpaired) electrons. The van der Waals surface area contributed by atoms with Crippen molar-refractivity contribution in [1.29, 1.82) is 0 Å². The van der Waals surface area contributed by atoms with Gasteiger partial charge in [-0.2, -0.15) is 0 Å². The van der Waals surface area contributed by atoms with Crippen LogP contribution in [0, 0.1) is 6.92 Å². The highest BCUT2D eigenvalue weighted by Crippen LogP contribution is 2.30. The van der Waals surface area contributed by atoms with Crippen LogP contribution >= 0.6 is 11.3 Å². The highest BCUT2D eigenvalue weighted by molar-refractivity contribution is 7.13. The van der Waals surface area contributed by atoms with Crippen molar-refractivity contribution in [2.24, 2.45) is 0 Å². The lowest BCUT2D eigenvalue weighted by Gasteiger charge is -2.07. The number of ether oxygens (including phenoxy) is 2. The molecule has 0 unspecified atom stereocenters. The van der Waals surface area contributed by atoms with Gasteiger partial charge in [0.1, 0.15) is 6.61 Å². The van der Waals surface area contributed by atoms with Gasteiger partial charge in [-0.15, -0.1) is 11.3 Å². The molecule has 0 spiro atoms. The topological polar surface area (TPSA) is 105 Å². The van der Waals surface area contributed by atoms with Crippen molar-refractivity contribution in [1.82, 2.24) is 10.1 Å². The lowest BCUT2D eigenvalue weighted by Crippen LogP contribution is -2.09. The van der Waals surface area contributed by atoms with E-state index in [1.165, 1.54) is 24.7 Å². The molecule has 0 aliphatic heterocycles. The summed E-state index contributed by atoms with van der Waals surface area (Å²) in [5.41, 5.74) is 2.07. The molecule has 4 aromatic rings. The number of hydrogen-bond donors (Lipinski definition) is 0. The molecule has 4 heterocycles. The number of furan rings is 1. The fraction of sp³-hybridized carbons (Fsp3) is 0.158. The zero-order valence-electron chi connectivity index (χ0n) is 14.9. The van der Waals surface area contributed by atoms with Gasteiger partial charge < -0.3 is 18.4 Å². The maximum atomic E-state index is 12.8. The van der Waals surface area contributed by atoms with Gasteiger partial charge >= 0.3 is 11.9 Å². The first kappa shape index (κ1) is 17.9. The largest absolute Gasteiger partial charge is 0.463 e. The van der Waals surface area contributed by atoms with Crippen LogP contribution in [0.25, 0.3) is 21.7 Å². The van der Waals surface area contributed by atoms with Gasteiger partial charge in [-0.25, -0.2) is 14.6 Å². The average molecular weight is 398 g/mol. The van der Waals surface area contributed by atoms with Crippen molar-refractivity contribution >= 4 is 34.4 Å². The highest BCUT2D eigenvalue weighted by Gasteiger charge is 2.22. The Kier molecular flexibility index (Phi) is 4.66. The van der Waals surface area contributed by atoms with Crippen LogP contribution in [-0.4, -0.2) is 29.2 Å². The first-order valence-corrected chi connectivity index (χ1v) is 9.09. The lowest BCUT2D eigenvalue weighted by molar-refractivity contribution is 0.0455. The van der Waals surface area contributed by atoms with Crippen molar-refractivity contribution in [2.45, 2.75) is 13.5 Å². The van der Waals surface area contributed by atoms with Gasteiger partial charge in [0.2, 0.25) is 5.76 Å². The van der Waals surface area contributed by atoms with Crippen LogP contribution in [0.3, 0.4) is 0 Å². The summed E-state index contributed by atoms with van der Waals surface area (Å²) >= 11 is 1.49. The summed E-state index contributed by atoms with van der Waals surface area (Å²) < 4.78 is 20.4. The minimum Gasteiger partial charge on any atom is -0.463 e. The molecule has 142 valence electrons. The highest BCUT2D eigenvalue weighted by atomic mass is 32.1. The first-order chi connectivity index (χ1) is 13.6. The Morgan fingerprint density at radius 3 is 2.86 bits per heavy atom. The van der Waals surface area contributed by atoms with Crippen LogP contribution in [-0.2, 0) is 16.1 Å². The van der Waals surface area contributed by atoms with Crippen LogP contribution < -0.4 is 0 Å². The molecular weight excluding hydrogens is 384 g/mol. The number of methoxy groups -OCH3 is 1. The Bertz CT molecular complexity index is 1160. The van der Waals surface area contributed by atoms with Crippen LogP contribution in [0.1, 0.15) is 32.2 Å². The quantitative estimate of drug-likeness (QED) is 0.465. The van der Waals surface area contributed by atoms with E-state index in [4.69, 9.17) is 13.7 Å². The number of aromatic nitrogens is 2. The number of pyridine rings is 1. The number of aryl methyl sites for hydroxylation is 1. The van der Waals surface area contributed by atoms with E-state index in [0.717, 1.165) is 4.88 Å². The summed E-state index contributed by atoms with van der Waals surface area (Å²) in [7, 11) is 1.25. The molecule has 0 aliphatic carbocycles. The van der Waals surface area contributed by atoms with Crippen molar-refractivity contribution in [2.75, 3.05) is 7.11 Å². The molecular formula is C19H14N2O6S. The van der Waals surface area contributed by atoms with Gasteiger partial charge in [-0.1, -0.05) is 11.2 Å². The van der Waals surface area contributed by atoms with E-state index < -0.39 is 11.9 Å². The van der Waals surface area contributed by atoms with Crippen LogP contribution in [0.5, 0.6) is 0 Å². The number of thiophene rings is 1. The molecule has 0 aromatic carbocycles. The van der Waals surface area contributed by atoms with Gasteiger partial charge in [0.05, 0.1) is 40.6 Å². The van der Waals surface area contributed by atoms with E-state index >= 15 is 0 Å². The normalized spacial score (nSPS) is 10.9. The molecule has 4 rings (SSSR count). The molecule has 0 aliphatic rings. The first-order valence-electron chi connectivity index (χ1n) is 8.21. The Hall–Kier alpha value is -3.46. The number of carbonyl (C=O) groups excluding carboxylic acids is 2. The molecule has 28 heavy (non-hydrogen) atoms. The van der Waals surface area contributed by atoms with E-state index in [2.05, 4.69) is 14.9 Å². The second-order valence-corrected chi connectivity index (χ2v) is 6.77. The van der Waals surface area contributed by atoms with Crippen molar-refractivity contribution in [3.8, 4) is 10.6 Å². The summed E-state index contributed by atoms with van der Waals surface area (Å²) in [5, 5.41) is 6.31. The SMILES string of the molecule is COC(=O)c1occc1COC(=O)c1cc(-c2cccs2)nc2onc(C)c12. The summed E-state index contributed by atoms with van der Waals surface area (Å²) in [5.74, 6) is -1.23. The molecule has 9 heteroatoms. The molecule has 8 nitrogen and oxygen atoms in total. The second-order valence-electron chi connectivity index (χ2n) is 5.82. The monoisotopic (exact) mass is 398 g/mol. The van der Waals surface area contributed by atoms with E-state index in [9.17, 15) is 9.59 Å². The van der Waals surface area contributed by atoms with Crippen molar-refractivity contribution in [3.05, 3.63) is 58.5 Å². The number of esters is 2. The van der Waals surface area contributed by atoms with E-state index in [1.54, 1.807) is 19.1 Å². The number of rotatable bonds is 5. The predicted octanol–water partition coefficient (Wildman–Crippen LogP) is 4.00. The maximum absolute atomic E-state index is 12.8. The smallest absolute Gasteiger partial charge is 0.374 e. The lowest BCUT2D eigenvalue weighted by atomic mass is 10.1. The van der Waals surface area contributed by atoms with E-state index in [1.807, 2.05) is 17.5 Å². The number of fused-ring (bicyclic) bond motifs is 1. The fourth-order valence-corrected chi connectivity index (χ4v) is 3.43. The van der Waals surface area contributed by atoms with E-state index in [-0.39, 0.29) is 23.6 Å². The standard InChI is InChI=1S/C19H14N2O6S/c1-10-15-12(8-13(14-4-3-7-28-14)20-17(15)27-21-10)18(22)26-9-11-5-6-25-16(11)19(23)24-2/h3-8H,9H2,1-2H3. The summed E-state index contributed by atoms with van der Waals surface area (Å²) in [6, 6.07) is 6.98. The number of hydrogen-bond acceptors (Lipinski definition) is 9. The Morgan fingerprint density at radius 1 is 1.25 bits per heavy atom. The van der Waals surface area contributed by atoms with Crippen LogP contribution in [0.15, 0.2) is 44.8 Å². The van der Waals surface area contributed by atoms with Crippen LogP contribution in [0.4, 0.5) is 0 Å². The summed E-state index contributed by atoms with van der Waals surface area (Å²) in [6.45, 7) is 1.57. The fourth-order valence-electron chi connectivity index (χ4n) is 2.75. The minimum absolute atomic E-state index is 0.00407. The van der Waals surface area contributed by atoms with E-state index in [0.29, 0.717) is 22.3 Å². The van der Waals surface area contributed by atoms with Crippen LogP contribution in [0.2, 0.25) is 0 Å². The third-order valence-electron chi connectivity index (χ3n) is 4.09. The maximum Gasteiger partial charge on any atom is 0.374 e. The van der Waals surface area contributed by atoms with Gasteiger partial charge in [0.25, 0.3) is 5.71 Å². The summed E-state index contributed by atoms with van der Waals surface area (Å²) in [4.78, 5) is 29.8. The second kappa shape index (κ2) is 7.28. The number of carbonyl (C=O) groups is 2. The summed E-state index contributed by atoms with van der Waals surface area (Å²) in [6.07, 6.45) is 1.33. The zero-order valence-corrected chi connectivity index (χ0v) is 15.7. The van der Waals surface area contributed by atoms with Crippen molar-refractivity contribution in [3.63, 3.8) is 0 Å². The van der Waals surface area contributed by atoms with Gasteiger partial charge in [0.15, 0.2) is 0 Å². The molecule has 0 saturated carbocycles. The molecule has 4 aromatic heterocycles. The molecule has 0 amide bonds. The Morgan fingerprint density at radius 2 is 2.11 bits per heavy atom.